The van der Waals surface area contributed by atoms with Crippen LogP contribution in [0.15, 0.2) is 18.2 Å². The fourth-order valence-electron chi connectivity index (χ4n) is 1.88. The summed E-state index contributed by atoms with van der Waals surface area (Å²) in [4.78, 5) is 12.6. The SMILES string of the molecule is CNc1cc(CN(C)CCOC(C)C)ccc1[N+](=O)[O-]. The average molecular weight is 281 g/mol. The molecule has 0 fully saturated rings. The van der Waals surface area contributed by atoms with Crippen LogP contribution in [0, 0.1) is 10.1 Å². The standard InChI is InChI=1S/C14H23N3O3/c1-11(2)20-8-7-16(4)10-12-5-6-14(17(18)19)13(9-12)15-3/h5-6,9,11,15H,7-8,10H2,1-4H3. The highest BCUT2D eigenvalue weighted by Gasteiger charge is 2.13. The first kappa shape index (κ1) is 16.4. The topological polar surface area (TPSA) is 67.6 Å². The number of hydrogen-bond donors (Lipinski definition) is 1. The highest BCUT2D eigenvalue weighted by atomic mass is 16.6. The zero-order valence-electron chi connectivity index (χ0n) is 12.5. The summed E-state index contributed by atoms with van der Waals surface area (Å²) in [5.74, 6) is 0. The number of nitro benzene ring substituents is 1. The van der Waals surface area contributed by atoms with Gasteiger partial charge in [-0.05, 0) is 32.5 Å². The van der Waals surface area contributed by atoms with E-state index in [-0.39, 0.29) is 16.7 Å². The van der Waals surface area contributed by atoms with Crippen LogP contribution >= 0.6 is 0 Å². The van der Waals surface area contributed by atoms with Crippen LogP contribution < -0.4 is 5.32 Å². The van der Waals surface area contributed by atoms with E-state index in [9.17, 15) is 10.1 Å². The Morgan fingerprint density at radius 2 is 2.15 bits per heavy atom. The molecule has 0 unspecified atom stereocenters. The van der Waals surface area contributed by atoms with Crippen molar-refractivity contribution in [1.29, 1.82) is 0 Å². The summed E-state index contributed by atoms with van der Waals surface area (Å²) in [7, 11) is 3.69. The van der Waals surface area contributed by atoms with E-state index in [4.69, 9.17) is 4.74 Å². The molecule has 6 nitrogen and oxygen atoms in total. The molecule has 0 saturated carbocycles. The molecule has 0 saturated heterocycles. The predicted octanol–water partition coefficient (Wildman–Crippen LogP) is 2.49. The molecule has 0 aromatic heterocycles. The van der Waals surface area contributed by atoms with Crippen molar-refractivity contribution in [2.75, 3.05) is 32.6 Å². The molecule has 0 spiro atoms. The zero-order valence-corrected chi connectivity index (χ0v) is 12.5. The Balaban J connectivity index is 2.61. The number of ether oxygens (including phenoxy) is 1. The minimum Gasteiger partial charge on any atom is -0.383 e. The van der Waals surface area contributed by atoms with E-state index in [1.807, 2.05) is 27.0 Å². The van der Waals surface area contributed by atoms with E-state index in [1.54, 1.807) is 19.2 Å². The Bertz CT molecular complexity index is 449. The fraction of sp³-hybridized carbons (Fsp3) is 0.571. The molecule has 0 aliphatic heterocycles. The Kier molecular flexibility index (Phi) is 6.41. The number of rotatable bonds is 8. The lowest BCUT2D eigenvalue weighted by atomic mass is 10.1. The van der Waals surface area contributed by atoms with Crippen LogP contribution in [0.1, 0.15) is 19.4 Å². The Labute approximate surface area is 119 Å². The van der Waals surface area contributed by atoms with E-state index in [0.717, 1.165) is 18.7 Å². The molecule has 0 aliphatic rings. The van der Waals surface area contributed by atoms with E-state index >= 15 is 0 Å². The first-order chi connectivity index (χ1) is 9.43. The van der Waals surface area contributed by atoms with Crippen molar-refractivity contribution < 1.29 is 9.66 Å². The third-order valence-electron chi connectivity index (χ3n) is 2.90. The summed E-state index contributed by atoms with van der Waals surface area (Å²) < 4.78 is 5.50. The molecule has 1 N–H and O–H groups in total. The first-order valence-corrected chi connectivity index (χ1v) is 6.69. The van der Waals surface area contributed by atoms with Crippen LogP contribution in [0.5, 0.6) is 0 Å². The number of nitrogens with one attached hydrogen (secondary N) is 1. The van der Waals surface area contributed by atoms with Crippen molar-refractivity contribution in [1.82, 2.24) is 4.90 Å². The van der Waals surface area contributed by atoms with Gasteiger partial charge in [-0.2, -0.15) is 0 Å². The number of nitrogens with zero attached hydrogens (tertiary/aromatic N) is 2. The van der Waals surface area contributed by atoms with Gasteiger partial charge in [-0.15, -0.1) is 0 Å². The van der Waals surface area contributed by atoms with Gasteiger partial charge in [0.15, 0.2) is 0 Å². The van der Waals surface area contributed by atoms with Crippen LogP contribution in [-0.4, -0.2) is 43.2 Å². The molecule has 0 bridgehead atoms. The maximum absolute atomic E-state index is 10.9. The number of benzene rings is 1. The van der Waals surface area contributed by atoms with Crippen LogP contribution in [0.3, 0.4) is 0 Å². The maximum atomic E-state index is 10.9. The van der Waals surface area contributed by atoms with Crippen LogP contribution in [0.4, 0.5) is 11.4 Å². The lowest BCUT2D eigenvalue weighted by molar-refractivity contribution is -0.384. The van der Waals surface area contributed by atoms with Gasteiger partial charge in [-0.1, -0.05) is 6.07 Å². The van der Waals surface area contributed by atoms with Crippen LogP contribution in [0.2, 0.25) is 0 Å². The summed E-state index contributed by atoms with van der Waals surface area (Å²) in [6, 6.07) is 5.15. The third kappa shape index (κ3) is 5.14. The van der Waals surface area contributed by atoms with Gasteiger partial charge in [-0.25, -0.2) is 0 Å². The van der Waals surface area contributed by atoms with Crippen molar-refractivity contribution in [3.8, 4) is 0 Å². The minimum absolute atomic E-state index is 0.0991. The van der Waals surface area contributed by atoms with E-state index in [1.165, 1.54) is 0 Å². The number of anilines is 1. The van der Waals surface area contributed by atoms with Crippen molar-refractivity contribution in [2.24, 2.45) is 0 Å². The third-order valence-corrected chi connectivity index (χ3v) is 2.90. The molecular formula is C14H23N3O3. The molecular weight excluding hydrogens is 258 g/mol. The van der Waals surface area contributed by atoms with Gasteiger partial charge in [0.1, 0.15) is 5.69 Å². The van der Waals surface area contributed by atoms with E-state index < -0.39 is 0 Å². The van der Waals surface area contributed by atoms with Gasteiger partial charge < -0.3 is 10.1 Å². The lowest BCUT2D eigenvalue weighted by Gasteiger charge is -2.18. The molecule has 1 aromatic carbocycles. The number of hydrogen-bond acceptors (Lipinski definition) is 5. The maximum Gasteiger partial charge on any atom is 0.292 e. The van der Waals surface area contributed by atoms with Crippen molar-refractivity contribution in [3.63, 3.8) is 0 Å². The molecule has 6 heteroatoms. The second-order valence-corrected chi connectivity index (χ2v) is 5.02. The monoisotopic (exact) mass is 281 g/mol. The summed E-state index contributed by atoms with van der Waals surface area (Å²) in [6.45, 7) is 6.25. The molecule has 0 aliphatic carbocycles. The highest BCUT2D eigenvalue weighted by molar-refractivity contribution is 5.62. The zero-order chi connectivity index (χ0) is 15.1. The highest BCUT2D eigenvalue weighted by Crippen LogP contribution is 2.25. The summed E-state index contributed by atoms with van der Waals surface area (Å²) in [6.07, 6.45) is 0.235. The van der Waals surface area contributed by atoms with Gasteiger partial charge in [0.25, 0.3) is 5.69 Å². The molecule has 0 atom stereocenters. The van der Waals surface area contributed by atoms with Crippen molar-refractivity contribution in [2.45, 2.75) is 26.5 Å². The molecule has 0 amide bonds. The largest absolute Gasteiger partial charge is 0.383 e. The van der Waals surface area contributed by atoms with Crippen LogP contribution in [-0.2, 0) is 11.3 Å². The average Bonchev–Trinajstić information content (AvgIpc) is 2.37. The van der Waals surface area contributed by atoms with Crippen molar-refractivity contribution in [3.05, 3.63) is 33.9 Å². The molecule has 1 rings (SSSR count). The summed E-state index contributed by atoms with van der Waals surface area (Å²) >= 11 is 0. The summed E-state index contributed by atoms with van der Waals surface area (Å²) in [5, 5.41) is 13.7. The Morgan fingerprint density at radius 3 is 2.70 bits per heavy atom. The second kappa shape index (κ2) is 7.81. The molecule has 0 radical (unpaired) electrons. The van der Waals surface area contributed by atoms with E-state index in [0.29, 0.717) is 12.3 Å². The van der Waals surface area contributed by atoms with Crippen molar-refractivity contribution >= 4 is 11.4 Å². The van der Waals surface area contributed by atoms with Gasteiger partial charge in [0.05, 0.1) is 17.6 Å². The van der Waals surface area contributed by atoms with E-state index in [2.05, 4.69) is 10.2 Å². The van der Waals surface area contributed by atoms with Gasteiger partial charge >= 0.3 is 0 Å². The lowest BCUT2D eigenvalue weighted by Crippen LogP contribution is -2.24. The van der Waals surface area contributed by atoms with Gasteiger partial charge in [-0.3, -0.25) is 15.0 Å². The second-order valence-electron chi connectivity index (χ2n) is 5.02. The van der Waals surface area contributed by atoms with Gasteiger partial charge in [0.2, 0.25) is 0 Å². The Hall–Kier alpha value is -1.66. The number of likely N-dealkylation sites (N-methyl/N-ethyl adjacent to an activating group) is 1. The smallest absolute Gasteiger partial charge is 0.292 e. The quantitative estimate of drug-likeness (QED) is 0.585. The number of nitro groups is 1. The fourth-order valence-corrected chi connectivity index (χ4v) is 1.88. The minimum atomic E-state index is -0.379. The molecule has 0 heterocycles. The molecule has 1 aromatic rings. The first-order valence-electron chi connectivity index (χ1n) is 6.69. The summed E-state index contributed by atoms with van der Waals surface area (Å²) in [5.41, 5.74) is 1.67. The normalized spacial score (nSPS) is 11.1. The Morgan fingerprint density at radius 1 is 1.45 bits per heavy atom. The van der Waals surface area contributed by atoms with Crippen LogP contribution in [0.25, 0.3) is 0 Å². The predicted molar refractivity (Wildman–Crippen MR) is 80.1 cm³/mol. The van der Waals surface area contributed by atoms with Gasteiger partial charge in [0, 0.05) is 26.2 Å². The molecule has 20 heavy (non-hydrogen) atoms. The molecule has 112 valence electrons.